The van der Waals surface area contributed by atoms with Gasteiger partial charge in [0.2, 0.25) is 5.88 Å². The number of hydrogen-bond acceptors (Lipinski definition) is 2. The van der Waals surface area contributed by atoms with Crippen LogP contribution in [-0.4, -0.2) is 14.9 Å². The molecule has 0 fully saturated rings. The van der Waals surface area contributed by atoms with Crippen molar-refractivity contribution in [2.24, 2.45) is 0 Å². The molecule has 0 spiro atoms. The van der Waals surface area contributed by atoms with Gasteiger partial charge in [0.15, 0.2) is 0 Å². The van der Waals surface area contributed by atoms with E-state index < -0.39 is 0 Å². The zero-order chi connectivity index (χ0) is 11.3. The van der Waals surface area contributed by atoms with E-state index in [9.17, 15) is 5.11 Å². The highest BCUT2D eigenvalue weighted by Crippen LogP contribution is 2.23. The van der Waals surface area contributed by atoms with Gasteiger partial charge in [0.1, 0.15) is 0 Å². The minimum Gasteiger partial charge on any atom is -0.493 e. The minimum atomic E-state index is 0.391. The van der Waals surface area contributed by atoms with Crippen molar-refractivity contribution >= 4 is 0 Å². The zero-order valence-electron chi connectivity index (χ0n) is 10.1. The highest BCUT2D eigenvalue weighted by atomic mass is 16.3. The summed E-state index contributed by atoms with van der Waals surface area (Å²) < 4.78 is 1.76. The molecule has 0 aliphatic rings. The molecule has 1 aromatic rings. The number of aryl methyl sites for hydroxylation is 2. The van der Waals surface area contributed by atoms with Crippen LogP contribution in [0.1, 0.15) is 51.3 Å². The lowest BCUT2D eigenvalue weighted by Gasteiger charge is -2.01. The fourth-order valence-electron chi connectivity index (χ4n) is 1.79. The Balaban J connectivity index is 2.88. The molecule has 15 heavy (non-hydrogen) atoms. The largest absolute Gasteiger partial charge is 0.493 e. The molecule has 0 aliphatic carbocycles. The average molecular weight is 210 g/mol. The predicted octanol–water partition coefficient (Wildman–Crippen LogP) is 2.90. The SMILES string of the molecule is CCCCn1nc(CC)c(CCC)c1O. The molecule has 1 aromatic heterocycles. The summed E-state index contributed by atoms with van der Waals surface area (Å²) in [5.41, 5.74) is 2.11. The summed E-state index contributed by atoms with van der Waals surface area (Å²) >= 11 is 0. The van der Waals surface area contributed by atoms with Crippen LogP contribution in [-0.2, 0) is 19.4 Å². The Hall–Kier alpha value is -0.990. The Morgan fingerprint density at radius 2 is 1.93 bits per heavy atom. The standard InChI is InChI=1S/C12H22N2O/c1-4-7-9-14-12(15)10(8-5-2)11(6-3)13-14/h15H,4-9H2,1-3H3. The third kappa shape index (κ3) is 2.74. The number of aromatic hydroxyl groups is 1. The predicted molar refractivity (Wildman–Crippen MR) is 62.2 cm³/mol. The Labute approximate surface area is 92.1 Å². The second kappa shape index (κ2) is 5.79. The van der Waals surface area contributed by atoms with E-state index >= 15 is 0 Å². The van der Waals surface area contributed by atoms with Crippen molar-refractivity contribution in [2.45, 2.75) is 59.4 Å². The summed E-state index contributed by atoms with van der Waals surface area (Å²) in [4.78, 5) is 0. The quantitative estimate of drug-likeness (QED) is 0.784. The van der Waals surface area contributed by atoms with Crippen LogP contribution in [0.3, 0.4) is 0 Å². The Kier molecular flexibility index (Phi) is 4.66. The first kappa shape index (κ1) is 12.1. The van der Waals surface area contributed by atoms with E-state index in [1.807, 2.05) is 0 Å². The van der Waals surface area contributed by atoms with Gasteiger partial charge in [-0.3, -0.25) is 0 Å². The van der Waals surface area contributed by atoms with Gasteiger partial charge in [-0.25, -0.2) is 4.68 Å². The lowest BCUT2D eigenvalue weighted by molar-refractivity contribution is 0.389. The van der Waals surface area contributed by atoms with Crippen molar-refractivity contribution in [1.82, 2.24) is 9.78 Å². The molecule has 0 aromatic carbocycles. The van der Waals surface area contributed by atoms with E-state index in [1.54, 1.807) is 4.68 Å². The maximum absolute atomic E-state index is 10.00. The molecule has 0 aliphatic heterocycles. The maximum atomic E-state index is 10.00. The highest BCUT2D eigenvalue weighted by Gasteiger charge is 2.14. The van der Waals surface area contributed by atoms with Crippen LogP contribution in [0.5, 0.6) is 5.88 Å². The topological polar surface area (TPSA) is 38.0 Å². The fraction of sp³-hybridized carbons (Fsp3) is 0.750. The number of unbranched alkanes of at least 4 members (excludes halogenated alkanes) is 1. The first-order valence-corrected chi connectivity index (χ1v) is 6.02. The monoisotopic (exact) mass is 210 g/mol. The molecular formula is C12H22N2O. The molecule has 1 rings (SSSR count). The summed E-state index contributed by atoms with van der Waals surface area (Å²) in [5.74, 6) is 0.391. The van der Waals surface area contributed by atoms with E-state index in [0.29, 0.717) is 5.88 Å². The summed E-state index contributed by atoms with van der Waals surface area (Å²) in [6.45, 7) is 7.20. The van der Waals surface area contributed by atoms with Crippen LogP contribution in [0, 0.1) is 0 Å². The maximum Gasteiger partial charge on any atom is 0.212 e. The van der Waals surface area contributed by atoms with Crippen LogP contribution in [0.4, 0.5) is 0 Å². The Bertz CT molecular complexity index is 305. The lowest BCUT2D eigenvalue weighted by Crippen LogP contribution is -1.99. The normalized spacial score (nSPS) is 10.9. The van der Waals surface area contributed by atoms with E-state index in [0.717, 1.165) is 49.9 Å². The van der Waals surface area contributed by atoms with Crippen LogP contribution in [0.2, 0.25) is 0 Å². The average Bonchev–Trinajstić information content (AvgIpc) is 2.54. The molecule has 0 amide bonds. The van der Waals surface area contributed by atoms with Crippen LogP contribution in [0.15, 0.2) is 0 Å². The second-order valence-electron chi connectivity index (χ2n) is 3.93. The highest BCUT2D eigenvalue weighted by molar-refractivity contribution is 5.30. The third-order valence-electron chi connectivity index (χ3n) is 2.66. The summed E-state index contributed by atoms with van der Waals surface area (Å²) in [6.07, 6.45) is 5.09. The second-order valence-corrected chi connectivity index (χ2v) is 3.93. The molecule has 3 nitrogen and oxygen atoms in total. The molecule has 0 saturated heterocycles. The molecule has 0 saturated carbocycles. The van der Waals surface area contributed by atoms with Gasteiger partial charge >= 0.3 is 0 Å². The molecule has 0 bridgehead atoms. The van der Waals surface area contributed by atoms with Gasteiger partial charge in [-0.05, 0) is 19.3 Å². The van der Waals surface area contributed by atoms with E-state index in [1.165, 1.54) is 0 Å². The molecule has 86 valence electrons. The summed E-state index contributed by atoms with van der Waals surface area (Å²) in [5, 5.41) is 14.4. The molecular weight excluding hydrogens is 188 g/mol. The van der Waals surface area contributed by atoms with Crippen molar-refractivity contribution in [3.8, 4) is 5.88 Å². The fourth-order valence-corrected chi connectivity index (χ4v) is 1.79. The van der Waals surface area contributed by atoms with Crippen LogP contribution >= 0.6 is 0 Å². The number of nitrogens with zero attached hydrogens (tertiary/aromatic N) is 2. The molecule has 0 radical (unpaired) electrons. The first-order chi connectivity index (χ1) is 7.24. The molecule has 0 atom stereocenters. The van der Waals surface area contributed by atoms with Crippen molar-refractivity contribution in [3.05, 3.63) is 11.3 Å². The summed E-state index contributed by atoms with van der Waals surface area (Å²) in [6, 6.07) is 0. The number of rotatable bonds is 6. The smallest absolute Gasteiger partial charge is 0.212 e. The van der Waals surface area contributed by atoms with Gasteiger partial charge in [-0.1, -0.05) is 33.6 Å². The summed E-state index contributed by atoms with van der Waals surface area (Å²) in [7, 11) is 0. The molecule has 3 heteroatoms. The molecule has 1 N–H and O–H groups in total. The van der Waals surface area contributed by atoms with Crippen LogP contribution in [0.25, 0.3) is 0 Å². The van der Waals surface area contributed by atoms with Gasteiger partial charge in [0, 0.05) is 12.1 Å². The van der Waals surface area contributed by atoms with E-state index in [-0.39, 0.29) is 0 Å². The van der Waals surface area contributed by atoms with Crippen molar-refractivity contribution < 1.29 is 5.11 Å². The van der Waals surface area contributed by atoms with Gasteiger partial charge in [0.05, 0.1) is 5.69 Å². The van der Waals surface area contributed by atoms with Gasteiger partial charge in [-0.15, -0.1) is 0 Å². The van der Waals surface area contributed by atoms with Crippen molar-refractivity contribution in [3.63, 3.8) is 0 Å². The van der Waals surface area contributed by atoms with Gasteiger partial charge in [0.25, 0.3) is 0 Å². The zero-order valence-corrected chi connectivity index (χ0v) is 10.1. The third-order valence-corrected chi connectivity index (χ3v) is 2.66. The Morgan fingerprint density at radius 3 is 2.47 bits per heavy atom. The van der Waals surface area contributed by atoms with E-state index in [2.05, 4.69) is 25.9 Å². The van der Waals surface area contributed by atoms with Gasteiger partial charge in [-0.2, -0.15) is 5.10 Å². The van der Waals surface area contributed by atoms with Gasteiger partial charge < -0.3 is 5.11 Å². The molecule has 1 heterocycles. The van der Waals surface area contributed by atoms with Crippen molar-refractivity contribution in [2.75, 3.05) is 0 Å². The van der Waals surface area contributed by atoms with Crippen molar-refractivity contribution in [1.29, 1.82) is 0 Å². The number of hydrogen-bond donors (Lipinski definition) is 1. The lowest BCUT2D eigenvalue weighted by atomic mass is 10.1. The number of aromatic nitrogens is 2. The minimum absolute atomic E-state index is 0.391. The Morgan fingerprint density at radius 1 is 1.20 bits per heavy atom. The molecule has 0 unspecified atom stereocenters. The van der Waals surface area contributed by atoms with E-state index in [4.69, 9.17) is 0 Å². The van der Waals surface area contributed by atoms with Crippen LogP contribution < -0.4 is 0 Å². The first-order valence-electron chi connectivity index (χ1n) is 6.02.